The van der Waals surface area contributed by atoms with Gasteiger partial charge in [0.15, 0.2) is 0 Å². The van der Waals surface area contributed by atoms with Crippen molar-refractivity contribution >= 4 is 34.0 Å². The van der Waals surface area contributed by atoms with Crippen LogP contribution < -0.4 is 10.6 Å². The number of carbonyl (C=O) groups is 2. The lowest BCUT2D eigenvalue weighted by atomic mass is 10.1. The Labute approximate surface area is 145 Å². The summed E-state index contributed by atoms with van der Waals surface area (Å²) in [5.74, 6) is -0.0290. The van der Waals surface area contributed by atoms with Crippen LogP contribution in [0.3, 0.4) is 0 Å². The molecule has 0 unspecified atom stereocenters. The number of nitrogens with one attached hydrogen (secondary N) is 2. The highest BCUT2D eigenvalue weighted by atomic mass is 16.2. The first-order chi connectivity index (χ1) is 12.2. The van der Waals surface area contributed by atoms with Crippen molar-refractivity contribution in [3.63, 3.8) is 0 Å². The van der Waals surface area contributed by atoms with Crippen LogP contribution in [0.4, 0.5) is 11.4 Å². The van der Waals surface area contributed by atoms with Crippen LogP contribution in [0.15, 0.2) is 66.7 Å². The summed E-state index contributed by atoms with van der Waals surface area (Å²) in [6.45, 7) is 0. The molecule has 0 heterocycles. The van der Waals surface area contributed by atoms with Crippen molar-refractivity contribution in [3.8, 4) is 0 Å². The Morgan fingerprint density at radius 2 is 1.60 bits per heavy atom. The van der Waals surface area contributed by atoms with Gasteiger partial charge in [-0.1, -0.05) is 42.5 Å². The molecule has 4 rings (SSSR count). The van der Waals surface area contributed by atoms with Crippen LogP contribution >= 0.6 is 0 Å². The molecule has 0 atom stereocenters. The maximum absolute atomic E-state index is 12.6. The first-order valence-electron chi connectivity index (χ1n) is 8.41. The molecule has 4 heteroatoms. The molecule has 0 aromatic heterocycles. The Balaban J connectivity index is 1.55. The molecule has 0 radical (unpaired) electrons. The van der Waals surface area contributed by atoms with Crippen molar-refractivity contribution in [1.29, 1.82) is 0 Å². The molecule has 2 N–H and O–H groups in total. The highest BCUT2D eigenvalue weighted by Crippen LogP contribution is 2.30. The predicted octanol–water partition coefficient (Wildman–Crippen LogP) is 4.44. The Hall–Kier alpha value is -3.14. The molecule has 0 bridgehead atoms. The summed E-state index contributed by atoms with van der Waals surface area (Å²) < 4.78 is 0. The zero-order valence-corrected chi connectivity index (χ0v) is 13.7. The van der Waals surface area contributed by atoms with Gasteiger partial charge in [0.05, 0.1) is 0 Å². The highest BCUT2D eigenvalue weighted by molar-refractivity contribution is 6.09. The number of fused-ring (bicyclic) bond motifs is 1. The van der Waals surface area contributed by atoms with E-state index >= 15 is 0 Å². The third-order valence-corrected chi connectivity index (χ3v) is 4.38. The molecule has 0 saturated heterocycles. The minimum atomic E-state index is -0.195. The van der Waals surface area contributed by atoms with Crippen LogP contribution in [-0.4, -0.2) is 11.8 Å². The highest BCUT2D eigenvalue weighted by Gasteiger charge is 2.29. The van der Waals surface area contributed by atoms with Crippen molar-refractivity contribution in [2.45, 2.75) is 12.8 Å². The summed E-state index contributed by atoms with van der Waals surface area (Å²) in [4.78, 5) is 24.5. The SMILES string of the molecule is O=C(Nc1cccc2ccccc12)c1cccc(NC(=O)C2CC2)c1. The quantitative estimate of drug-likeness (QED) is 0.743. The van der Waals surface area contributed by atoms with E-state index in [1.54, 1.807) is 24.3 Å². The molecule has 4 nitrogen and oxygen atoms in total. The molecular formula is C21H18N2O2. The van der Waals surface area contributed by atoms with Gasteiger partial charge in [-0.3, -0.25) is 9.59 Å². The van der Waals surface area contributed by atoms with E-state index in [0.29, 0.717) is 11.3 Å². The minimum absolute atomic E-state index is 0.0339. The summed E-state index contributed by atoms with van der Waals surface area (Å²) in [6.07, 6.45) is 1.90. The van der Waals surface area contributed by atoms with E-state index < -0.39 is 0 Å². The molecule has 1 aliphatic carbocycles. The van der Waals surface area contributed by atoms with E-state index in [2.05, 4.69) is 10.6 Å². The van der Waals surface area contributed by atoms with Gasteiger partial charge in [0.25, 0.3) is 5.91 Å². The number of rotatable bonds is 4. The fourth-order valence-corrected chi connectivity index (χ4v) is 2.86. The molecule has 1 saturated carbocycles. The van der Waals surface area contributed by atoms with Crippen LogP contribution in [0.2, 0.25) is 0 Å². The largest absolute Gasteiger partial charge is 0.326 e. The second kappa shape index (κ2) is 6.40. The van der Waals surface area contributed by atoms with Crippen LogP contribution in [0.1, 0.15) is 23.2 Å². The second-order valence-electron chi connectivity index (χ2n) is 6.33. The Morgan fingerprint density at radius 3 is 2.44 bits per heavy atom. The molecule has 0 spiro atoms. The smallest absolute Gasteiger partial charge is 0.255 e. The third kappa shape index (κ3) is 3.38. The number of anilines is 2. The van der Waals surface area contributed by atoms with E-state index in [1.165, 1.54) is 0 Å². The molecule has 0 aliphatic heterocycles. The lowest BCUT2D eigenvalue weighted by Gasteiger charge is -2.10. The first kappa shape index (κ1) is 15.4. The summed E-state index contributed by atoms with van der Waals surface area (Å²) in [5.41, 5.74) is 1.94. The zero-order valence-electron chi connectivity index (χ0n) is 13.7. The summed E-state index contributed by atoms with van der Waals surface area (Å²) >= 11 is 0. The van der Waals surface area contributed by atoms with Crippen LogP contribution in [0.5, 0.6) is 0 Å². The van der Waals surface area contributed by atoms with Gasteiger partial charge in [0.1, 0.15) is 0 Å². The molecule has 1 fully saturated rings. The van der Waals surface area contributed by atoms with E-state index in [0.717, 1.165) is 29.3 Å². The minimum Gasteiger partial charge on any atom is -0.326 e. The van der Waals surface area contributed by atoms with Crippen molar-refractivity contribution in [1.82, 2.24) is 0 Å². The van der Waals surface area contributed by atoms with Crippen LogP contribution in [0.25, 0.3) is 10.8 Å². The topological polar surface area (TPSA) is 58.2 Å². The van der Waals surface area contributed by atoms with Gasteiger partial charge in [-0.15, -0.1) is 0 Å². The fraction of sp³-hybridized carbons (Fsp3) is 0.143. The Kier molecular flexibility index (Phi) is 3.94. The van der Waals surface area contributed by atoms with Crippen molar-refractivity contribution in [3.05, 3.63) is 72.3 Å². The third-order valence-electron chi connectivity index (χ3n) is 4.38. The van der Waals surface area contributed by atoms with Gasteiger partial charge < -0.3 is 10.6 Å². The van der Waals surface area contributed by atoms with Gasteiger partial charge in [-0.05, 0) is 42.5 Å². The summed E-state index contributed by atoms with van der Waals surface area (Å²) in [7, 11) is 0. The summed E-state index contributed by atoms with van der Waals surface area (Å²) in [5, 5.41) is 7.91. The maximum Gasteiger partial charge on any atom is 0.255 e. The normalized spacial score (nSPS) is 13.4. The lowest BCUT2D eigenvalue weighted by molar-refractivity contribution is -0.117. The number of hydrogen-bond donors (Lipinski definition) is 2. The lowest BCUT2D eigenvalue weighted by Crippen LogP contribution is -2.15. The van der Waals surface area contributed by atoms with Gasteiger partial charge in [-0.2, -0.15) is 0 Å². The van der Waals surface area contributed by atoms with Crippen LogP contribution in [-0.2, 0) is 4.79 Å². The van der Waals surface area contributed by atoms with Gasteiger partial charge >= 0.3 is 0 Å². The van der Waals surface area contributed by atoms with Crippen LogP contribution in [0, 0.1) is 5.92 Å². The van der Waals surface area contributed by atoms with Gasteiger partial charge in [-0.25, -0.2) is 0 Å². The predicted molar refractivity (Wildman–Crippen MR) is 99.7 cm³/mol. The molecule has 3 aromatic carbocycles. The average Bonchev–Trinajstić information content (AvgIpc) is 3.47. The zero-order chi connectivity index (χ0) is 17.2. The van der Waals surface area contributed by atoms with E-state index in [-0.39, 0.29) is 17.7 Å². The standard InChI is InChI=1S/C21H18N2O2/c24-20(15-11-12-15)22-17-8-3-7-16(13-17)21(25)23-19-10-4-6-14-5-1-2-9-18(14)19/h1-10,13,15H,11-12H2,(H,22,24)(H,23,25). The number of amides is 2. The summed E-state index contributed by atoms with van der Waals surface area (Å²) in [6, 6.07) is 20.8. The molecular weight excluding hydrogens is 312 g/mol. The van der Waals surface area contributed by atoms with Crippen molar-refractivity contribution in [2.24, 2.45) is 5.92 Å². The number of hydrogen-bond acceptors (Lipinski definition) is 2. The number of carbonyl (C=O) groups excluding carboxylic acids is 2. The van der Waals surface area contributed by atoms with Gasteiger partial charge in [0, 0.05) is 28.2 Å². The second-order valence-corrected chi connectivity index (χ2v) is 6.33. The average molecular weight is 330 g/mol. The monoisotopic (exact) mass is 330 g/mol. The van der Waals surface area contributed by atoms with E-state index in [9.17, 15) is 9.59 Å². The van der Waals surface area contributed by atoms with E-state index in [1.807, 2.05) is 42.5 Å². The van der Waals surface area contributed by atoms with Crippen molar-refractivity contribution < 1.29 is 9.59 Å². The molecule has 124 valence electrons. The van der Waals surface area contributed by atoms with E-state index in [4.69, 9.17) is 0 Å². The molecule has 2 amide bonds. The fourth-order valence-electron chi connectivity index (χ4n) is 2.86. The van der Waals surface area contributed by atoms with Crippen molar-refractivity contribution in [2.75, 3.05) is 10.6 Å². The Morgan fingerprint density at radius 1 is 0.840 bits per heavy atom. The molecule has 3 aromatic rings. The Bertz CT molecular complexity index is 956. The maximum atomic E-state index is 12.6. The number of benzene rings is 3. The molecule has 25 heavy (non-hydrogen) atoms. The van der Waals surface area contributed by atoms with Gasteiger partial charge in [0.2, 0.25) is 5.91 Å². The first-order valence-corrected chi connectivity index (χ1v) is 8.41. The molecule has 1 aliphatic rings.